The first-order valence-corrected chi connectivity index (χ1v) is 11.0. The molecule has 6 nitrogen and oxygen atoms in total. The van der Waals surface area contributed by atoms with Crippen LogP contribution in [0.3, 0.4) is 0 Å². The first-order chi connectivity index (χ1) is 15.3. The Morgan fingerprint density at radius 3 is 2.44 bits per heavy atom. The zero-order valence-electron chi connectivity index (χ0n) is 18.7. The zero-order valence-corrected chi connectivity index (χ0v) is 19.5. The summed E-state index contributed by atoms with van der Waals surface area (Å²) in [4.78, 5) is 14.3. The van der Waals surface area contributed by atoms with Crippen molar-refractivity contribution in [2.75, 3.05) is 12.4 Å². The van der Waals surface area contributed by atoms with Gasteiger partial charge in [-0.05, 0) is 69.2 Å². The maximum atomic E-state index is 12.0. The Kier molecular flexibility index (Phi) is 5.76. The molecule has 0 radical (unpaired) electrons. The predicted molar refractivity (Wildman–Crippen MR) is 129 cm³/mol. The van der Waals surface area contributed by atoms with Crippen molar-refractivity contribution in [2.45, 2.75) is 27.7 Å². The molecule has 0 spiro atoms. The molecule has 4 rings (SSSR count). The van der Waals surface area contributed by atoms with E-state index in [1.165, 1.54) is 18.1 Å². The number of aromatic nitrogens is 2. The molecule has 2 aromatic heterocycles. The highest BCUT2D eigenvalue weighted by atomic mass is 32.1. The second-order valence-electron chi connectivity index (χ2n) is 7.72. The third-order valence-electron chi connectivity index (χ3n) is 5.38. The number of benzene rings is 2. The number of thiophene rings is 1. The number of carboxylic acids is 1. The molecule has 7 heteroatoms. The van der Waals surface area contributed by atoms with Crippen molar-refractivity contribution in [1.29, 1.82) is 0 Å². The van der Waals surface area contributed by atoms with Crippen LogP contribution in [0, 0.1) is 27.7 Å². The lowest BCUT2D eigenvalue weighted by molar-refractivity contribution is 0.0697. The summed E-state index contributed by atoms with van der Waals surface area (Å²) in [6.45, 7) is 8.19. The molecule has 2 N–H and O–H groups in total. The van der Waals surface area contributed by atoms with Crippen molar-refractivity contribution in [3.63, 3.8) is 0 Å². The number of nitrogens with one attached hydrogen (secondary N) is 1. The topological polar surface area (TPSA) is 76.4 Å². The van der Waals surface area contributed by atoms with E-state index in [9.17, 15) is 9.90 Å². The van der Waals surface area contributed by atoms with E-state index in [1.54, 1.807) is 23.5 Å². The van der Waals surface area contributed by atoms with E-state index in [0.717, 1.165) is 38.8 Å². The number of hydrogen-bond donors (Lipinski definition) is 2. The molecular formula is C25H25N3O3S. The maximum absolute atomic E-state index is 12.0. The van der Waals surface area contributed by atoms with Crippen molar-refractivity contribution < 1.29 is 14.6 Å². The van der Waals surface area contributed by atoms with E-state index in [-0.39, 0.29) is 5.56 Å². The summed E-state index contributed by atoms with van der Waals surface area (Å²) in [6.07, 6.45) is 0. The van der Waals surface area contributed by atoms with Gasteiger partial charge in [0, 0.05) is 9.75 Å². The summed E-state index contributed by atoms with van der Waals surface area (Å²) in [5, 5.41) is 18.1. The van der Waals surface area contributed by atoms with Gasteiger partial charge in [0.15, 0.2) is 0 Å². The molecule has 0 bridgehead atoms. The third kappa shape index (κ3) is 3.87. The van der Waals surface area contributed by atoms with Crippen LogP contribution in [-0.2, 0) is 0 Å². The summed E-state index contributed by atoms with van der Waals surface area (Å²) in [6, 6.07) is 15.2. The highest BCUT2D eigenvalue weighted by Crippen LogP contribution is 2.42. The van der Waals surface area contributed by atoms with Crippen LogP contribution in [0.2, 0.25) is 0 Å². The standard InChI is InChI=1S/C25H25N3O3S/c1-14-8-6-7-9-21(14)28-24(22(17(4)27-28)23-15(2)12-16(3)32-23)26-20-11-10-18(31-5)13-19(20)25(29)30/h6-13,26H,1-5H3,(H,29,30). The van der Waals surface area contributed by atoms with Gasteiger partial charge in [0.2, 0.25) is 0 Å². The number of carboxylic acid groups (broad SMARTS) is 1. The Bertz CT molecular complexity index is 1320. The lowest BCUT2D eigenvalue weighted by atomic mass is 10.1. The van der Waals surface area contributed by atoms with Gasteiger partial charge in [0.05, 0.1) is 35.3 Å². The van der Waals surface area contributed by atoms with Crippen LogP contribution in [0.25, 0.3) is 16.1 Å². The van der Waals surface area contributed by atoms with Gasteiger partial charge in [0.25, 0.3) is 0 Å². The fourth-order valence-electron chi connectivity index (χ4n) is 3.84. The Morgan fingerprint density at radius 2 is 1.81 bits per heavy atom. The minimum Gasteiger partial charge on any atom is -0.497 e. The number of para-hydroxylation sites is 1. The average molecular weight is 448 g/mol. The molecule has 164 valence electrons. The lowest BCUT2D eigenvalue weighted by Crippen LogP contribution is -2.08. The minimum atomic E-state index is -1.03. The fraction of sp³-hybridized carbons (Fsp3) is 0.200. The van der Waals surface area contributed by atoms with Crippen LogP contribution in [0.15, 0.2) is 48.5 Å². The first-order valence-electron chi connectivity index (χ1n) is 10.2. The van der Waals surface area contributed by atoms with Crippen molar-refractivity contribution >= 4 is 28.8 Å². The number of methoxy groups -OCH3 is 1. The lowest BCUT2D eigenvalue weighted by Gasteiger charge is -2.16. The normalized spacial score (nSPS) is 10.9. The number of hydrogen-bond acceptors (Lipinski definition) is 5. The molecular weight excluding hydrogens is 422 g/mol. The third-order valence-corrected chi connectivity index (χ3v) is 6.55. The van der Waals surface area contributed by atoms with Crippen LogP contribution in [0.5, 0.6) is 5.75 Å². The quantitative estimate of drug-likeness (QED) is 0.363. The Balaban J connectivity index is 1.97. The monoisotopic (exact) mass is 447 g/mol. The van der Waals surface area contributed by atoms with Crippen molar-refractivity contribution in [2.24, 2.45) is 0 Å². The van der Waals surface area contributed by atoms with Gasteiger partial charge in [-0.15, -0.1) is 11.3 Å². The largest absolute Gasteiger partial charge is 0.497 e. The summed E-state index contributed by atoms with van der Waals surface area (Å²) < 4.78 is 7.09. The van der Waals surface area contributed by atoms with E-state index in [1.807, 2.05) is 42.8 Å². The highest BCUT2D eigenvalue weighted by molar-refractivity contribution is 7.15. The van der Waals surface area contributed by atoms with Crippen LogP contribution >= 0.6 is 11.3 Å². The first kappa shape index (κ1) is 21.6. The molecule has 0 aliphatic carbocycles. The van der Waals surface area contributed by atoms with Gasteiger partial charge >= 0.3 is 5.97 Å². The molecule has 32 heavy (non-hydrogen) atoms. The number of rotatable bonds is 6. The summed E-state index contributed by atoms with van der Waals surface area (Å²) in [5.41, 5.74) is 5.60. The van der Waals surface area contributed by atoms with Gasteiger partial charge in [-0.2, -0.15) is 5.10 Å². The van der Waals surface area contributed by atoms with E-state index in [4.69, 9.17) is 9.84 Å². The Hall–Kier alpha value is -3.58. The minimum absolute atomic E-state index is 0.129. The second kappa shape index (κ2) is 8.51. The zero-order chi connectivity index (χ0) is 23.0. The Morgan fingerprint density at radius 1 is 1.06 bits per heavy atom. The number of aromatic carboxylic acids is 1. The fourth-order valence-corrected chi connectivity index (χ4v) is 4.97. The van der Waals surface area contributed by atoms with Crippen molar-refractivity contribution in [1.82, 2.24) is 9.78 Å². The molecule has 0 aliphatic heterocycles. The summed E-state index contributed by atoms with van der Waals surface area (Å²) in [7, 11) is 1.52. The van der Waals surface area contributed by atoms with Gasteiger partial charge in [-0.25, -0.2) is 9.48 Å². The maximum Gasteiger partial charge on any atom is 0.337 e. The second-order valence-corrected chi connectivity index (χ2v) is 8.97. The van der Waals surface area contributed by atoms with Crippen LogP contribution < -0.4 is 10.1 Å². The van der Waals surface area contributed by atoms with Gasteiger partial charge in [-0.1, -0.05) is 18.2 Å². The van der Waals surface area contributed by atoms with Gasteiger partial charge < -0.3 is 15.2 Å². The molecule has 0 saturated heterocycles. The number of anilines is 2. The van der Waals surface area contributed by atoms with Crippen LogP contribution in [0.4, 0.5) is 11.5 Å². The average Bonchev–Trinajstić information content (AvgIpc) is 3.25. The number of ether oxygens (including phenoxy) is 1. The molecule has 0 unspecified atom stereocenters. The van der Waals surface area contributed by atoms with E-state index >= 15 is 0 Å². The summed E-state index contributed by atoms with van der Waals surface area (Å²) in [5.74, 6) is 0.186. The molecule has 0 saturated carbocycles. The van der Waals surface area contributed by atoms with Gasteiger partial charge in [-0.3, -0.25) is 0 Å². The van der Waals surface area contributed by atoms with Gasteiger partial charge in [0.1, 0.15) is 11.6 Å². The molecule has 0 fully saturated rings. The number of carbonyl (C=O) groups is 1. The van der Waals surface area contributed by atoms with Crippen LogP contribution in [-0.4, -0.2) is 28.0 Å². The molecule has 4 aromatic rings. The van der Waals surface area contributed by atoms with E-state index in [2.05, 4.69) is 25.2 Å². The van der Waals surface area contributed by atoms with Crippen molar-refractivity contribution in [3.05, 3.63) is 75.8 Å². The van der Waals surface area contributed by atoms with E-state index < -0.39 is 5.97 Å². The Labute approximate surface area is 191 Å². The molecule has 2 aromatic carbocycles. The highest BCUT2D eigenvalue weighted by Gasteiger charge is 2.23. The molecule has 0 aliphatic rings. The van der Waals surface area contributed by atoms with E-state index in [0.29, 0.717) is 11.4 Å². The number of nitrogens with zero attached hydrogens (tertiary/aromatic N) is 2. The molecule has 2 heterocycles. The SMILES string of the molecule is COc1ccc(Nc2c(-c3sc(C)cc3C)c(C)nn2-c2ccccc2C)c(C(=O)O)c1. The van der Waals surface area contributed by atoms with Crippen molar-refractivity contribution in [3.8, 4) is 21.9 Å². The molecule has 0 amide bonds. The predicted octanol–water partition coefficient (Wildman–Crippen LogP) is 6.28. The molecule has 0 atom stereocenters. The van der Waals surface area contributed by atoms with Crippen LogP contribution in [0.1, 0.15) is 32.1 Å². The summed E-state index contributed by atoms with van der Waals surface area (Å²) >= 11 is 1.71. The number of aryl methyl sites for hydroxylation is 4. The smallest absolute Gasteiger partial charge is 0.337 e.